The Morgan fingerprint density at radius 2 is 1.85 bits per heavy atom. The van der Waals surface area contributed by atoms with Gasteiger partial charge in [-0.3, -0.25) is 4.79 Å². The number of ketones is 1. The van der Waals surface area contributed by atoms with Crippen LogP contribution in [0, 0.1) is 0 Å². The first kappa shape index (κ1) is 19.2. The first-order valence-electron chi connectivity index (χ1n) is 7.98. The first-order chi connectivity index (χ1) is 13.1. The number of benzene rings is 1. The van der Waals surface area contributed by atoms with E-state index in [2.05, 4.69) is 10.2 Å². The summed E-state index contributed by atoms with van der Waals surface area (Å²) in [5, 5.41) is 11.0. The maximum absolute atomic E-state index is 12.2. The van der Waals surface area contributed by atoms with Crippen LogP contribution in [0.1, 0.15) is 9.67 Å². The SMILES string of the molecule is COc1cc(-c2nnc(SCC(=O)c3cccs3)n2C)cc(OC)c1OC. The third-order valence-electron chi connectivity index (χ3n) is 3.89. The fourth-order valence-corrected chi connectivity index (χ4v) is 4.09. The number of nitrogens with zero attached hydrogens (tertiary/aromatic N) is 3. The Morgan fingerprint density at radius 3 is 2.41 bits per heavy atom. The minimum atomic E-state index is 0.0762. The molecule has 2 aromatic heterocycles. The van der Waals surface area contributed by atoms with Crippen molar-refractivity contribution in [3.8, 4) is 28.6 Å². The summed E-state index contributed by atoms with van der Waals surface area (Å²) in [6.07, 6.45) is 0. The summed E-state index contributed by atoms with van der Waals surface area (Å²) in [4.78, 5) is 12.9. The van der Waals surface area contributed by atoms with Crippen LogP contribution < -0.4 is 14.2 Å². The van der Waals surface area contributed by atoms with Crippen molar-refractivity contribution in [2.45, 2.75) is 5.16 Å². The molecule has 142 valence electrons. The Bertz CT molecular complexity index is 913. The van der Waals surface area contributed by atoms with E-state index in [4.69, 9.17) is 14.2 Å². The van der Waals surface area contributed by atoms with Gasteiger partial charge in [0.2, 0.25) is 5.75 Å². The lowest BCUT2D eigenvalue weighted by atomic mass is 10.1. The van der Waals surface area contributed by atoms with Crippen molar-refractivity contribution in [3.05, 3.63) is 34.5 Å². The summed E-state index contributed by atoms with van der Waals surface area (Å²) in [6, 6.07) is 7.33. The molecule has 27 heavy (non-hydrogen) atoms. The quantitative estimate of drug-likeness (QED) is 0.419. The van der Waals surface area contributed by atoms with Crippen LogP contribution in [0.3, 0.4) is 0 Å². The summed E-state index contributed by atoms with van der Waals surface area (Å²) in [5.41, 5.74) is 0.774. The van der Waals surface area contributed by atoms with E-state index in [0.717, 1.165) is 10.4 Å². The van der Waals surface area contributed by atoms with Crippen molar-refractivity contribution in [2.75, 3.05) is 27.1 Å². The Kier molecular flexibility index (Phi) is 6.02. The smallest absolute Gasteiger partial charge is 0.203 e. The van der Waals surface area contributed by atoms with E-state index in [9.17, 15) is 4.79 Å². The van der Waals surface area contributed by atoms with Crippen molar-refractivity contribution < 1.29 is 19.0 Å². The largest absolute Gasteiger partial charge is 0.493 e. The topological polar surface area (TPSA) is 75.5 Å². The Labute approximate surface area is 165 Å². The van der Waals surface area contributed by atoms with Crippen LogP contribution in [0.5, 0.6) is 17.2 Å². The number of Topliss-reactive ketones (excluding diaryl/α,β-unsaturated/α-hetero) is 1. The number of hydrogen-bond acceptors (Lipinski definition) is 8. The van der Waals surface area contributed by atoms with Crippen LogP contribution in [0.4, 0.5) is 0 Å². The molecule has 1 aromatic carbocycles. The highest BCUT2D eigenvalue weighted by atomic mass is 32.2. The zero-order valence-electron chi connectivity index (χ0n) is 15.4. The molecule has 0 aliphatic rings. The van der Waals surface area contributed by atoms with Crippen molar-refractivity contribution >= 4 is 28.9 Å². The Hall–Kier alpha value is -2.52. The third kappa shape index (κ3) is 3.93. The van der Waals surface area contributed by atoms with E-state index in [1.54, 1.807) is 21.3 Å². The van der Waals surface area contributed by atoms with E-state index < -0.39 is 0 Å². The Morgan fingerprint density at radius 1 is 1.15 bits per heavy atom. The van der Waals surface area contributed by atoms with Crippen molar-refractivity contribution in [1.29, 1.82) is 0 Å². The summed E-state index contributed by atoms with van der Waals surface area (Å²) in [6.45, 7) is 0. The van der Waals surface area contributed by atoms with Crippen LogP contribution >= 0.6 is 23.1 Å². The lowest BCUT2D eigenvalue weighted by Gasteiger charge is -2.13. The fraction of sp³-hybridized carbons (Fsp3) is 0.278. The van der Waals surface area contributed by atoms with Crippen LogP contribution in [0.2, 0.25) is 0 Å². The molecule has 0 saturated carbocycles. The lowest BCUT2D eigenvalue weighted by Crippen LogP contribution is -2.02. The van der Waals surface area contributed by atoms with Crippen molar-refractivity contribution in [2.24, 2.45) is 7.05 Å². The monoisotopic (exact) mass is 405 g/mol. The molecule has 7 nitrogen and oxygen atoms in total. The predicted octanol–water partition coefficient (Wildman–Crippen LogP) is 3.54. The maximum atomic E-state index is 12.2. The van der Waals surface area contributed by atoms with Crippen LogP contribution in [-0.4, -0.2) is 47.6 Å². The normalized spacial score (nSPS) is 10.7. The maximum Gasteiger partial charge on any atom is 0.203 e. The molecule has 0 amide bonds. The minimum Gasteiger partial charge on any atom is -0.493 e. The van der Waals surface area contributed by atoms with E-state index in [-0.39, 0.29) is 5.78 Å². The minimum absolute atomic E-state index is 0.0762. The molecule has 0 radical (unpaired) electrons. The Balaban J connectivity index is 1.85. The summed E-state index contributed by atoms with van der Waals surface area (Å²) in [5.74, 6) is 2.62. The number of methoxy groups -OCH3 is 3. The lowest BCUT2D eigenvalue weighted by molar-refractivity contribution is 0.102. The van der Waals surface area contributed by atoms with Gasteiger partial charge in [-0.25, -0.2) is 0 Å². The molecule has 0 bridgehead atoms. The molecule has 0 fully saturated rings. The number of aromatic nitrogens is 3. The van der Waals surface area contributed by atoms with Gasteiger partial charge in [0.05, 0.1) is 32.0 Å². The van der Waals surface area contributed by atoms with Gasteiger partial charge in [0, 0.05) is 12.6 Å². The van der Waals surface area contributed by atoms with Gasteiger partial charge in [0.15, 0.2) is 28.3 Å². The van der Waals surface area contributed by atoms with E-state index >= 15 is 0 Å². The van der Waals surface area contributed by atoms with Crippen molar-refractivity contribution in [1.82, 2.24) is 14.8 Å². The molecule has 2 heterocycles. The summed E-state index contributed by atoms with van der Waals surface area (Å²) < 4.78 is 18.0. The molecule has 0 N–H and O–H groups in total. The molecule has 0 aliphatic heterocycles. The molecular formula is C18H19N3O4S2. The van der Waals surface area contributed by atoms with Gasteiger partial charge in [0.1, 0.15) is 0 Å². The second kappa shape index (κ2) is 8.45. The molecule has 9 heteroatoms. The highest BCUT2D eigenvalue weighted by Crippen LogP contribution is 2.41. The molecular weight excluding hydrogens is 386 g/mol. The van der Waals surface area contributed by atoms with Gasteiger partial charge >= 0.3 is 0 Å². The van der Waals surface area contributed by atoms with Crippen LogP contribution in [0.15, 0.2) is 34.8 Å². The highest BCUT2D eigenvalue weighted by Gasteiger charge is 2.19. The molecule has 3 aromatic rings. The van der Waals surface area contributed by atoms with Gasteiger partial charge < -0.3 is 18.8 Å². The molecule has 0 aliphatic carbocycles. The first-order valence-corrected chi connectivity index (χ1v) is 9.84. The van der Waals surface area contributed by atoms with Gasteiger partial charge in [0.25, 0.3) is 0 Å². The van der Waals surface area contributed by atoms with Crippen LogP contribution in [0.25, 0.3) is 11.4 Å². The number of rotatable bonds is 8. The number of carbonyl (C=O) groups excluding carboxylic acids is 1. The van der Waals surface area contributed by atoms with Gasteiger partial charge in [-0.05, 0) is 23.6 Å². The molecule has 0 unspecified atom stereocenters. The van der Waals surface area contributed by atoms with Crippen LogP contribution in [-0.2, 0) is 7.05 Å². The van der Waals surface area contributed by atoms with E-state index in [1.165, 1.54) is 23.1 Å². The second-order valence-electron chi connectivity index (χ2n) is 5.47. The molecule has 3 rings (SSSR count). The predicted molar refractivity (Wildman–Crippen MR) is 105 cm³/mol. The molecule has 0 atom stereocenters. The summed E-state index contributed by atoms with van der Waals surface area (Å²) >= 11 is 2.79. The number of carbonyl (C=O) groups is 1. The zero-order chi connectivity index (χ0) is 19.4. The van der Waals surface area contributed by atoms with Gasteiger partial charge in [-0.1, -0.05) is 17.8 Å². The van der Waals surface area contributed by atoms with Gasteiger partial charge in [-0.2, -0.15) is 0 Å². The zero-order valence-corrected chi connectivity index (χ0v) is 17.0. The average Bonchev–Trinajstić information content (AvgIpc) is 3.35. The standard InChI is InChI=1S/C18H19N3O4S2/c1-21-17(11-8-13(23-2)16(25-4)14(9-11)24-3)19-20-18(21)27-10-12(22)15-6-5-7-26-15/h5-9H,10H2,1-4H3. The van der Waals surface area contributed by atoms with Crippen molar-refractivity contribution in [3.63, 3.8) is 0 Å². The average molecular weight is 406 g/mol. The molecule has 0 saturated heterocycles. The van der Waals surface area contributed by atoms with E-state index in [0.29, 0.717) is 34.0 Å². The number of thioether (sulfide) groups is 1. The fourth-order valence-electron chi connectivity index (χ4n) is 2.54. The number of hydrogen-bond donors (Lipinski definition) is 0. The van der Waals surface area contributed by atoms with Gasteiger partial charge in [-0.15, -0.1) is 21.5 Å². The summed E-state index contributed by atoms with van der Waals surface area (Å²) in [7, 11) is 6.54. The third-order valence-corrected chi connectivity index (χ3v) is 5.82. The molecule has 0 spiro atoms. The highest BCUT2D eigenvalue weighted by molar-refractivity contribution is 7.99. The number of ether oxygens (including phenoxy) is 3. The number of thiophene rings is 1. The second-order valence-corrected chi connectivity index (χ2v) is 7.36. The van der Waals surface area contributed by atoms with E-state index in [1.807, 2.05) is 41.3 Å².